The van der Waals surface area contributed by atoms with E-state index in [1.165, 1.54) is 30.6 Å². The Balaban J connectivity index is 2.16. The van der Waals surface area contributed by atoms with Gasteiger partial charge in [-0.1, -0.05) is 26.7 Å². The van der Waals surface area contributed by atoms with E-state index in [-0.39, 0.29) is 5.60 Å². The smallest absolute Gasteiger partial charge is 0.0840 e. The number of nitrogens with zero attached hydrogens (tertiary/aromatic N) is 1. The molecule has 1 saturated carbocycles. The van der Waals surface area contributed by atoms with Gasteiger partial charge in [0.15, 0.2) is 0 Å². The lowest BCUT2D eigenvalue weighted by molar-refractivity contribution is -0.0999. The van der Waals surface area contributed by atoms with Gasteiger partial charge in [-0.05, 0) is 38.6 Å². The highest BCUT2D eigenvalue weighted by Gasteiger charge is 2.42. The van der Waals surface area contributed by atoms with E-state index in [4.69, 9.17) is 4.74 Å². The maximum atomic E-state index is 6.37. The van der Waals surface area contributed by atoms with Gasteiger partial charge in [-0.3, -0.25) is 4.98 Å². The second-order valence-electron chi connectivity index (χ2n) is 6.38. The highest BCUT2D eigenvalue weighted by molar-refractivity contribution is 7.09. The number of hydrogen-bond acceptors (Lipinski definition) is 4. The van der Waals surface area contributed by atoms with Crippen LogP contribution in [0.4, 0.5) is 0 Å². The molecule has 0 amide bonds. The summed E-state index contributed by atoms with van der Waals surface area (Å²) in [4.78, 5) is 5.60. The molecular formula is C17H30N2OS. The molecule has 1 N–H and O–H groups in total. The van der Waals surface area contributed by atoms with Crippen LogP contribution in [0.1, 0.15) is 57.8 Å². The van der Waals surface area contributed by atoms with Crippen molar-refractivity contribution in [1.82, 2.24) is 10.3 Å². The summed E-state index contributed by atoms with van der Waals surface area (Å²) < 4.78 is 6.37. The van der Waals surface area contributed by atoms with Crippen LogP contribution in [0.2, 0.25) is 0 Å². The van der Waals surface area contributed by atoms with Crippen LogP contribution in [-0.4, -0.2) is 29.8 Å². The van der Waals surface area contributed by atoms with Crippen LogP contribution in [0.25, 0.3) is 0 Å². The highest BCUT2D eigenvalue weighted by Crippen LogP contribution is 2.39. The molecule has 0 aromatic carbocycles. The van der Waals surface area contributed by atoms with Crippen LogP contribution in [0.15, 0.2) is 11.7 Å². The van der Waals surface area contributed by atoms with Crippen molar-refractivity contribution < 1.29 is 4.74 Å². The molecule has 1 heterocycles. The van der Waals surface area contributed by atoms with Gasteiger partial charge < -0.3 is 10.1 Å². The second kappa shape index (κ2) is 8.25. The molecule has 1 aromatic heterocycles. The maximum absolute atomic E-state index is 6.37. The van der Waals surface area contributed by atoms with Crippen molar-refractivity contribution in [2.45, 2.75) is 70.9 Å². The summed E-state index contributed by atoms with van der Waals surface area (Å²) in [5.74, 6) is 0.762. The van der Waals surface area contributed by atoms with Gasteiger partial charge in [0.1, 0.15) is 0 Å². The Morgan fingerprint density at radius 2 is 2.38 bits per heavy atom. The molecule has 0 bridgehead atoms. The molecule has 3 unspecified atom stereocenters. The van der Waals surface area contributed by atoms with Gasteiger partial charge in [0.2, 0.25) is 0 Å². The lowest BCUT2D eigenvalue weighted by Gasteiger charge is -2.45. The number of rotatable bonds is 8. The number of aromatic nitrogens is 1. The fourth-order valence-electron chi connectivity index (χ4n) is 3.69. The van der Waals surface area contributed by atoms with Crippen LogP contribution < -0.4 is 5.32 Å². The lowest BCUT2D eigenvalue weighted by atomic mass is 9.73. The average Bonchev–Trinajstić information content (AvgIpc) is 2.96. The van der Waals surface area contributed by atoms with Crippen molar-refractivity contribution in [3.63, 3.8) is 0 Å². The van der Waals surface area contributed by atoms with Crippen molar-refractivity contribution in [3.8, 4) is 0 Å². The quantitative estimate of drug-likeness (QED) is 0.787. The Bertz CT molecular complexity index is 392. The summed E-state index contributed by atoms with van der Waals surface area (Å²) >= 11 is 1.76. The molecule has 3 atom stereocenters. The van der Waals surface area contributed by atoms with Crippen LogP contribution in [-0.2, 0) is 11.2 Å². The molecule has 1 aliphatic carbocycles. The normalized spacial score (nSPS) is 27.7. The number of thiazole rings is 1. The third kappa shape index (κ3) is 4.51. The highest BCUT2D eigenvalue weighted by atomic mass is 32.1. The van der Waals surface area contributed by atoms with E-state index in [0.29, 0.717) is 6.04 Å². The molecule has 0 aliphatic heterocycles. The zero-order valence-electron chi connectivity index (χ0n) is 13.7. The summed E-state index contributed by atoms with van der Waals surface area (Å²) in [6, 6.07) is 0.403. The van der Waals surface area contributed by atoms with Gasteiger partial charge in [0.05, 0.1) is 11.1 Å². The summed E-state index contributed by atoms with van der Waals surface area (Å²) in [7, 11) is 0. The van der Waals surface area contributed by atoms with E-state index in [2.05, 4.69) is 31.1 Å². The van der Waals surface area contributed by atoms with E-state index in [1.54, 1.807) is 11.3 Å². The molecule has 21 heavy (non-hydrogen) atoms. The van der Waals surface area contributed by atoms with Gasteiger partial charge in [-0.15, -0.1) is 11.3 Å². The third-order valence-corrected chi connectivity index (χ3v) is 5.39. The zero-order valence-corrected chi connectivity index (χ0v) is 14.5. The zero-order chi connectivity index (χ0) is 15.1. The SMILES string of the molecule is CCCNC(Cc1cncs1)C1(OCC)CCCC(C)C1. The van der Waals surface area contributed by atoms with Gasteiger partial charge in [-0.25, -0.2) is 0 Å². The Kier molecular flexibility index (Phi) is 6.65. The predicted molar refractivity (Wildman–Crippen MR) is 89.9 cm³/mol. The largest absolute Gasteiger partial charge is 0.374 e. The van der Waals surface area contributed by atoms with E-state index in [0.717, 1.165) is 31.9 Å². The van der Waals surface area contributed by atoms with Crippen molar-refractivity contribution in [3.05, 3.63) is 16.6 Å². The molecule has 1 aromatic rings. The molecule has 2 rings (SSSR count). The first kappa shape index (κ1) is 16.9. The molecule has 1 fully saturated rings. The van der Waals surface area contributed by atoms with Crippen LogP contribution >= 0.6 is 11.3 Å². The number of hydrogen-bond donors (Lipinski definition) is 1. The number of nitrogens with one attached hydrogen (secondary N) is 1. The molecule has 4 heteroatoms. The van der Waals surface area contributed by atoms with Crippen molar-refractivity contribution in [2.75, 3.05) is 13.2 Å². The summed E-state index contributed by atoms with van der Waals surface area (Å²) in [5.41, 5.74) is 1.94. The van der Waals surface area contributed by atoms with Crippen LogP contribution in [0.5, 0.6) is 0 Å². The fourth-order valence-corrected chi connectivity index (χ4v) is 4.33. The van der Waals surface area contributed by atoms with Crippen LogP contribution in [0.3, 0.4) is 0 Å². The minimum Gasteiger partial charge on any atom is -0.374 e. The molecule has 3 nitrogen and oxygen atoms in total. The van der Waals surface area contributed by atoms with E-state index in [9.17, 15) is 0 Å². The minimum atomic E-state index is 0.00553. The molecule has 0 radical (unpaired) electrons. The summed E-state index contributed by atoms with van der Waals surface area (Å²) in [6.45, 7) is 8.60. The maximum Gasteiger partial charge on any atom is 0.0840 e. The first-order chi connectivity index (χ1) is 10.2. The topological polar surface area (TPSA) is 34.2 Å². The van der Waals surface area contributed by atoms with E-state index < -0.39 is 0 Å². The average molecular weight is 311 g/mol. The van der Waals surface area contributed by atoms with Gasteiger partial charge in [0, 0.05) is 30.1 Å². The third-order valence-electron chi connectivity index (χ3n) is 4.59. The molecular weight excluding hydrogens is 280 g/mol. The standard InChI is InChI=1S/C17H30N2OS/c1-4-9-19-16(10-15-12-18-13-21-15)17(20-5-2)8-6-7-14(3)11-17/h12-14,16,19H,4-11H2,1-3H3. The molecule has 120 valence electrons. The van der Waals surface area contributed by atoms with Gasteiger partial charge in [-0.2, -0.15) is 0 Å². The van der Waals surface area contributed by atoms with Crippen molar-refractivity contribution in [2.24, 2.45) is 5.92 Å². The summed E-state index contributed by atoms with van der Waals surface area (Å²) in [5, 5.41) is 3.78. The van der Waals surface area contributed by atoms with E-state index in [1.807, 2.05) is 11.7 Å². The van der Waals surface area contributed by atoms with Gasteiger partial charge in [0.25, 0.3) is 0 Å². The van der Waals surface area contributed by atoms with Crippen molar-refractivity contribution >= 4 is 11.3 Å². The first-order valence-electron chi connectivity index (χ1n) is 8.45. The monoisotopic (exact) mass is 310 g/mol. The predicted octanol–water partition coefficient (Wildman–Crippen LogP) is 4.04. The molecule has 0 saturated heterocycles. The number of ether oxygens (including phenoxy) is 1. The van der Waals surface area contributed by atoms with Gasteiger partial charge >= 0.3 is 0 Å². The molecule has 0 spiro atoms. The van der Waals surface area contributed by atoms with Crippen molar-refractivity contribution in [1.29, 1.82) is 0 Å². The Morgan fingerprint density at radius 1 is 1.52 bits per heavy atom. The van der Waals surface area contributed by atoms with Crippen LogP contribution in [0, 0.1) is 5.92 Å². The lowest BCUT2D eigenvalue weighted by Crippen LogP contribution is -2.56. The Labute approximate surface area is 133 Å². The Hall–Kier alpha value is -0.450. The molecule has 1 aliphatic rings. The van der Waals surface area contributed by atoms with E-state index >= 15 is 0 Å². The fraction of sp³-hybridized carbons (Fsp3) is 0.824. The second-order valence-corrected chi connectivity index (χ2v) is 7.35. The Morgan fingerprint density at radius 3 is 3.00 bits per heavy atom. The first-order valence-corrected chi connectivity index (χ1v) is 9.33. The summed E-state index contributed by atoms with van der Waals surface area (Å²) in [6.07, 6.45) is 9.21. The minimum absolute atomic E-state index is 0.00553.